The highest BCUT2D eigenvalue weighted by Crippen LogP contribution is 2.35. The van der Waals surface area contributed by atoms with Crippen molar-refractivity contribution in [2.45, 2.75) is 33.2 Å². The molecule has 1 unspecified atom stereocenters. The number of hydrogen-bond donors (Lipinski definition) is 1. The zero-order valence-electron chi connectivity index (χ0n) is 12.6. The number of benzene rings is 1. The molecular weight excluding hydrogens is 305 g/mol. The van der Waals surface area contributed by atoms with E-state index in [2.05, 4.69) is 32.2 Å². The molecule has 114 valence electrons. The van der Waals surface area contributed by atoms with Gasteiger partial charge in [-0.1, -0.05) is 32.4 Å². The van der Waals surface area contributed by atoms with Crippen LogP contribution in [0.2, 0.25) is 5.02 Å². The zero-order valence-corrected chi connectivity index (χ0v) is 14.2. The average Bonchev–Trinajstić information content (AvgIpc) is 2.88. The third-order valence-corrected chi connectivity index (χ3v) is 4.85. The molecule has 0 bridgehead atoms. The molecule has 0 fully saturated rings. The van der Waals surface area contributed by atoms with E-state index in [1.54, 1.807) is 23.5 Å². The summed E-state index contributed by atoms with van der Waals surface area (Å²) >= 11 is 7.46. The van der Waals surface area contributed by atoms with Crippen LogP contribution in [0.25, 0.3) is 10.4 Å². The molecule has 1 heterocycles. The van der Waals surface area contributed by atoms with Crippen LogP contribution in [-0.4, -0.2) is 6.54 Å². The fraction of sp³-hybridized carbons (Fsp3) is 0.412. The molecule has 2 aromatic rings. The van der Waals surface area contributed by atoms with Crippen LogP contribution in [0.5, 0.6) is 0 Å². The minimum absolute atomic E-state index is 0.265. The molecule has 0 spiro atoms. The van der Waals surface area contributed by atoms with Crippen LogP contribution in [0.4, 0.5) is 4.39 Å². The van der Waals surface area contributed by atoms with Crippen molar-refractivity contribution in [3.63, 3.8) is 0 Å². The topological polar surface area (TPSA) is 12.0 Å². The third-order valence-electron chi connectivity index (χ3n) is 3.41. The molecule has 1 aromatic carbocycles. The van der Waals surface area contributed by atoms with Crippen LogP contribution in [0.15, 0.2) is 30.3 Å². The summed E-state index contributed by atoms with van der Waals surface area (Å²) in [5.74, 6) is 0.233. The summed E-state index contributed by atoms with van der Waals surface area (Å²) in [5.41, 5.74) is 0.619. The second kappa shape index (κ2) is 7.39. The summed E-state index contributed by atoms with van der Waals surface area (Å²) < 4.78 is 14.0. The smallest absolute Gasteiger partial charge is 0.133 e. The first-order chi connectivity index (χ1) is 10.0. The van der Waals surface area contributed by atoms with Crippen LogP contribution in [-0.2, 0) is 0 Å². The van der Waals surface area contributed by atoms with Gasteiger partial charge in [0.25, 0.3) is 0 Å². The molecule has 0 aliphatic heterocycles. The Hall–Kier alpha value is -0.900. The van der Waals surface area contributed by atoms with E-state index in [0.29, 0.717) is 22.5 Å². The van der Waals surface area contributed by atoms with Gasteiger partial charge in [-0.25, -0.2) is 4.39 Å². The molecule has 1 atom stereocenters. The Morgan fingerprint density at radius 2 is 2.00 bits per heavy atom. The molecule has 1 aromatic heterocycles. The Balaban J connectivity index is 2.27. The summed E-state index contributed by atoms with van der Waals surface area (Å²) in [7, 11) is 0. The van der Waals surface area contributed by atoms with Gasteiger partial charge >= 0.3 is 0 Å². The van der Waals surface area contributed by atoms with Gasteiger partial charge in [-0.05, 0) is 49.2 Å². The lowest BCUT2D eigenvalue weighted by Gasteiger charge is -2.20. The fourth-order valence-electron chi connectivity index (χ4n) is 2.32. The maximum atomic E-state index is 14.0. The van der Waals surface area contributed by atoms with Crippen LogP contribution < -0.4 is 5.32 Å². The van der Waals surface area contributed by atoms with Gasteiger partial charge in [0.2, 0.25) is 0 Å². The average molecular weight is 326 g/mol. The van der Waals surface area contributed by atoms with Crippen molar-refractivity contribution >= 4 is 22.9 Å². The highest BCUT2D eigenvalue weighted by atomic mass is 35.5. The lowest BCUT2D eigenvalue weighted by molar-refractivity contribution is 0.418. The van der Waals surface area contributed by atoms with Crippen molar-refractivity contribution in [3.05, 3.63) is 46.0 Å². The molecule has 2 rings (SSSR count). The SMILES string of the molecule is CCCNC(c1ccc(-c2ccc(Cl)cc2F)s1)C(C)C. The van der Waals surface area contributed by atoms with Crippen molar-refractivity contribution in [2.24, 2.45) is 5.92 Å². The van der Waals surface area contributed by atoms with Crippen LogP contribution in [0.3, 0.4) is 0 Å². The standard InChI is InChI=1S/C17H21ClFNS/c1-4-9-20-17(11(2)3)16-8-7-15(21-16)13-6-5-12(18)10-14(13)19/h5-8,10-11,17,20H,4,9H2,1-3H3. The van der Waals surface area contributed by atoms with E-state index in [9.17, 15) is 4.39 Å². The zero-order chi connectivity index (χ0) is 15.4. The predicted octanol–water partition coefficient (Wildman–Crippen LogP) is 5.90. The van der Waals surface area contributed by atoms with Gasteiger partial charge in [0, 0.05) is 26.4 Å². The molecule has 1 nitrogen and oxygen atoms in total. The Labute approximate surface area is 135 Å². The van der Waals surface area contributed by atoms with Crippen LogP contribution in [0, 0.1) is 11.7 Å². The molecule has 21 heavy (non-hydrogen) atoms. The summed E-state index contributed by atoms with van der Waals surface area (Å²) in [6, 6.07) is 9.26. The van der Waals surface area contributed by atoms with Gasteiger partial charge in [-0.3, -0.25) is 0 Å². The van der Waals surface area contributed by atoms with Crippen molar-refractivity contribution in [3.8, 4) is 10.4 Å². The Kier molecular flexibility index (Phi) is 5.80. The summed E-state index contributed by atoms with van der Waals surface area (Å²) in [6.45, 7) is 7.56. The third kappa shape index (κ3) is 4.06. The first-order valence-corrected chi connectivity index (χ1v) is 8.51. The molecule has 0 amide bonds. The van der Waals surface area contributed by atoms with E-state index in [1.807, 2.05) is 6.07 Å². The normalized spacial score (nSPS) is 12.9. The minimum atomic E-state index is -0.265. The number of rotatable bonds is 6. The largest absolute Gasteiger partial charge is 0.309 e. The second-order valence-corrected chi connectivity index (χ2v) is 7.05. The lowest BCUT2D eigenvalue weighted by Crippen LogP contribution is -2.25. The quantitative estimate of drug-likeness (QED) is 0.696. The molecule has 0 radical (unpaired) electrons. The highest BCUT2D eigenvalue weighted by Gasteiger charge is 2.18. The number of hydrogen-bond acceptors (Lipinski definition) is 2. The molecule has 0 saturated carbocycles. The van der Waals surface area contributed by atoms with E-state index in [0.717, 1.165) is 17.8 Å². The van der Waals surface area contributed by atoms with E-state index in [-0.39, 0.29) is 5.82 Å². The van der Waals surface area contributed by atoms with Gasteiger partial charge in [-0.2, -0.15) is 0 Å². The van der Waals surface area contributed by atoms with Crippen molar-refractivity contribution in [2.75, 3.05) is 6.54 Å². The van der Waals surface area contributed by atoms with Gasteiger partial charge in [-0.15, -0.1) is 11.3 Å². The van der Waals surface area contributed by atoms with Gasteiger partial charge < -0.3 is 5.32 Å². The second-order valence-electron chi connectivity index (χ2n) is 5.50. The fourth-order valence-corrected chi connectivity index (χ4v) is 3.76. The van der Waals surface area contributed by atoms with E-state index in [4.69, 9.17) is 11.6 Å². The first-order valence-electron chi connectivity index (χ1n) is 7.31. The number of nitrogens with one attached hydrogen (secondary N) is 1. The molecule has 0 aliphatic rings. The van der Waals surface area contributed by atoms with Crippen molar-refractivity contribution < 1.29 is 4.39 Å². The maximum Gasteiger partial charge on any atom is 0.133 e. The molecule has 1 N–H and O–H groups in total. The van der Waals surface area contributed by atoms with Crippen LogP contribution >= 0.6 is 22.9 Å². The predicted molar refractivity (Wildman–Crippen MR) is 90.6 cm³/mol. The van der Waals surface area contributed by atoms with E-state index < -0.39 is 0 Å². The van der Waals surface area contributed by atoms with E-state index in [1.165, 1.54) is 10.9 Å². The summed E-state index contributed by atoms with van der Waals surface area (Å²) in [6.07, 6.45) is 1.10. The Bertz CT molecular complexity index is 594. The summed E-state index contributed by atoms with van der Waals surface area (Å²) in [5, 5.41) is 4.00. The van der Waals surface area contributed by atoms with Gasteiger partial charge in [0.05, 0.1) is 0 Å². The van der Waals surface area contributed by atoms with Gasteiger partial charge in [0.1, 0.15) is 5.82 Å². The van der Waals surface area contributed by atoms with Crippen molar-refractivity contribution in [1.82, 2.24) is 5.32 Å². The molecule has 0 saturated heterocycles. The highest BCUT2D eigenvalue weighted by molar-refractivity contribution is 7.15. The first kappa shape index (κ1) is 16.5. The molecule has 0 aliphatic carbocycles. The minimum Gasteiger partial charge on any atom is -0.309 e. The lowest BCUT2D eigenvalue weighted by atomic mass is 10.0. The maximum absolute atomic E-state index is 14.0. The van der Waals surface area contributed by atoms with Gasteiger partial charge in [0.15, 0.2) is 0 Å². The summed E-state index contributed by atoms with van der Waals surface area (Å²) in [4.78, 5) is 2.20. The van der Waals surface area contributed by atoms with E-state index >= 15 is 0 Å². The Morgan fingerprint density at radius 1 is 1.24 bits per heavy atom. The Morgan fingerprint density at radius 3 is 2.62 bits per heavy atom. The monoisotopic (exact) mass is 325 g/mol. The van der Waals surface area contributed by atoms with Crippen LogP contribution in [0.1, 0.15) is 38.1 Å². The molecular formula is C17H21ClFNS. The number of thiophene rings is 1. The molecule has 4 heteroatoms. The van der Waals surface area contributed by atoms with Crippen molar-refractivity contribution in [1.29, 1.82) is 0 Å². The number of halogens is 2.